The van der Waals surface area contributed by atoms with Gasteiger partial charge < -0.3 is 14.4 Å². The highest BCUT2D eigenvalue weighted by Crippen LogP contribution is 2.52. The van der Waals surface area contributed by atoms with Crippen LogP contribution >= 0.6 is 0 Å². The van der Waals surface area contributed by atoms with Gasteiger partial charge in [0.15, 0.2) is 0 Å². The summed E-state index contributed by atoms with van der Waals surface area (Å²) in [6, 6.07) is 0. The number of methoxy groups -OCH3 is 1. The van der Waals surface area contributed by atoms with E-state index in [9.17, 15) is 9.59 Å². The summed E-state index contributed by atoms with van der Waals surface area (Å²) in [5.74, 6) is -0.817. The Morgan fingerprint density at radius 3 is 3.00 bits per heavy atom. The smallest absolute Gasteiger partial charge is 0.312 e. The molecule has 5 nitrogen and oxygen atoms in total. The maximum absolute atomic E-state index is 12.5. The normalized spacial score (nSPS) is 39.3. The molecule has 5 heteroatoms. The minimum absolute atomic E-state index is 0.0240. The van der Waals surface area contributed by atoms with Gasteiger partial charge in [-0.2, -0.15) is 0 Å². The van der Waals surface area contributed by atoms with Gasteiger partial charge in [0.2, 0.25) is 5.91 Å². The Labute approximate surface area is 112 Å². The van der Waals surface area contributed by atoms with Crippen LogP contribution in [0.4, 0.5) is 0 Å². The molecular formula is C14H19NO4. The van der Waals surface area contributed by atoms with Gasteiger partial charge in [0.1, 0.15) is 11.5 Å². The van der Waals surface area contributed by atoms with Crippen LogP contribution in [-0.4, -0.2) is 48.7 Å². The van der Waals surface area contributed by atoms with Crippen LogP contribution in [0.15, 0.2) is 12.2 Å². The first-order chi connectivity index (χ1) is 8.98. The van der Waals surface area contributed by atoms with E-state index in [-0.39, 0.29) is 18.0 Å². The highest BCUT2D eigenvalue weighted by Gasteiger charge is 2.67. The lowest BCUT2D eigenvalue weighted by molar-refractivity contribution is -0.151. The molecular weight excluding hydrogens is 246 g/mol. The van der Waals surface area contributed by atoms with Crippen molar-refractivity contribution < 1.29 is 19.1 Å². The van der Waals surface area contributed by atoms with Gasteiger partial charge in [-0.3, -0.25) is 9.59 Å². The number of carbonyl (C=O) groups is 2. The highest BCUT2D eigenvalue weighted by atomic mass is 16.5. The molecule has 0 saturated carbocycles. The number of hydrogen-bond acceptors (Lipinski definition) is 4. The van der Waals surface area contributed by atoms with Crippen molar-refractivity contribution in [3.8, 4) is 0 Å². The van der Waals surface area contributed by atoms with Crippen LogP contribution in [0.3, 0.4) is 0 Å². The molecule has 0 N–H and O–H groups in total. The molecule has 0 aromatic heterocycles. The minimum atomic E-state index is -0.602. The lowest BCUT2D eigenvalue weighted by atomic mass is 9.77. The Morgan fingerprint density at radius 2 is 2.37 bits per heavy atom. The summed E-state index contributed by atoms with van der Waals surface area (Å²) < 4.78 is 10.8. The number of fused-ring (bicyclic) bond motifs is 1. The number of ether oxygens (including phenoxy) is 2. The van der Waals surface area contributed by atoms with Crippen LogP contribution in [0.2, 0.25) is 0 Å². The van der Waals surface area contributed by atoms with Gasteiger partial charge in [-0.05, 0) is 5.92 Å². The van der Waals surface area contributed by atoms with Crippen molar-refractivity contribution in [3.05, 3.63) is 12.2 Å². The molecule has 2 saturated heterocycles. The molecule has 0 aromatic rings. The van der Waals surface area contributed by atoms with E-state index in [1.165, 1.54) is 7.11 Å². The SMILES string of the molecule is COC(=O)[C@H]1[C@H]2C=C[C@@]3(CN(CC(C)C)C(=O)[C@@H]13)O2. The lowest BCUT2D eigenvalue weighted by Crippen LogP contribution is -2.39. The molecule has 2 bridgehead atoms. The highest BCUT2D eigenvalue weighted by molar-refractivity contribution is 5.91. The molecule has 0 unspecified atom stereocenters. The Kier molecular flexibility index (Phi) is 2.71. The summed E-state index contributed by atoms with van der Waals surface area (Å²) in [4.78, 5) is 26.3. The summed E-state index contributed by atoms with van der Waals surface area (Å²) >= 11 is 0. The molecule has 3 aliphatic heterocycles. The number of likely N-dealkylation sites (tertiary alicyclic amines) is 1. The topological polar surface area (TPSA) is 55.8 Å². The second kappa shape index (κ2) is 4.07. The van der Waals surface area contributed by atoms with Gasteiger partial charge in [-0.1, -0.05) is 26.0 Å². The van der Waals surface area contributed by atoms with Crippen molar-refractivity contribution in [2.75, 3.05) is 20.2 Å². The molecule has 2 fully saturated rings. The predicted molar refractivity (Wildman–Crippen MR) is 67.2 cm³/mol. The molecule has 4 atom stereocenters. The summed E-state index contributed by atoms with van der Waals surface area (Å²) in [7, 11) is 1.36. The fraction of sp³-hybridized carbons (Fsp3) is 0.714. The van der Waals surface area contributed by atoms with Gasteiger partial charge in [-0.15, -0.1) is 0 Å². The van der Waals surface area contributed by atoms with Crippen LogP contribution < -0.4 is 0 Å². The summed E-state index contributed by atoms with van der Waals surface area (Å²) in [5.41, 5.74) is -0.602. The van der Waals surface area contributed by atoms with E-state index < -0.39 is 17.4 Å². The first kappa shape index (κ1) is 12.7. The number of carbonyl (C=O) groups excluding carboxylic acids is 2. The zero-order chi connectivity index (χ0) is 13.8. The summed E-state index contributed by atoms with van der Waals surface area (Å²) in [6.45, 7) is 5.40. The Balaban J connectivity index is 1.90. The molecule has 3 heterocycles. The number of hydrogen-bond donors (Lipinski definition) is 0. The van der Waals surface area contributed by atoms with Crippen molar-refractivity contribution in [2.45, 2.75) is 25.6 Å². The molecule has 0 aliphatic carbocycles. The number of nitrogens with zero attached hydrogens (tertiary/aromatic N) is 1. The number of amides is 1. The first-order valence-electron chi connectivity index (χ1n) is 6.72. The van der Waals surface area contributed by atoms with Crippen molar-refractivity contribution in [1.29, 1.82) is 0 Å². The predicted octanol–water partition coefficient (Wildman–Crippen LogP) is 0.597. The second-order valence-electron chi connectivity index (χ2n) is 6.04. The maximum atomic E-state index is 12.5. The van der Waals surface area contributed by atoms with E-state index in [0.29, 0.717) is 19.0 Å². The van der Waals surface area contributed by atoms with Gasteiger partial charge in [0, 0.05) is 6.54 Å². The summed E-state index contributed by atoms with van der Waals surface area (Å²) in [6.07, 6.45) is 3.55. The molecule has 1 spiro atoms. The fourth-order valence-corrected chi connectivity index (χ4v) is 3.58. The van der Waals surface area contributed by atoms with E-state index in [1.807, 2.05) is 17.1 Å². The van der Waals surface area contributed by atoms with Crippen molar-refractivity contribution in [1.82, 2.24) is 4.90 Å². The van der Waals surface area contributed by atoms with Crippen molar-refractivity contribution in [3.63, 3.8) is 0 Å². The molecule has 1 amide bonds. The van der Waals surface area contributed by atoms with Crippen molar-refractivity contribution >= 4 is 11.9 Å². The Bertz CT molecular complexity index is 458. The van der Waals surface area contributed by atoms with Crippen LogP contribution in [0.1, 0.15) is 13.8 Å². The molecule has 19 heavy (non-hydrogen) atoms. The monoisotopic (exact) mass is 265 g/mol. The second-order valence-corrected chi connectivity index (χ2v) is 6.04. The van der Waals surface area contributed by atoms with Crippen LogP contribution in [0, 0.1) is 17.8 Å². The van der Waals surface area contributed by atoms with E-state index in [4.69, 9.17) is 9.47 Å². The average molecular weight is 265 g/mol. The van der Waals surface area contributed by atoms with Gasteiger partial charge in [-0.25, -0.2) is 0 Å². The lowest BCUT2D eigenvalue weighted by Gasteiger charge is -2.22. The van der Waals surface area contributed by atoms with Crippen LogP contribution in [0.25, 0.3) is 0 Å². The third-order valence-electron chi connectivity index (χ3n) is 4.24. The van der Waals surface area contributed by atoms with Gasteiger partial charge in [0.05, 0.1) is 25.7 Å². The van der Waals surface area contributed by atoms with E-state index in [2.05, 4.69) is 13.8 Å². The molecule has 3 aliphatic rings. The molecule has 0 radical (unpaired) electrons. The van der Waals surface area contributed by atoms with Crippen molar-refractivity contribution in [2.24, 2.45) is 17.8 Å². The van der Waals surface area contributed by atoms with E-state index in [1.54, 1.807) is 0 Å². The van der Waals surface area contributed by atoms with E-state index >= 15 is 0 Å². The van der Waals surface area contributed by atoms with Gasteiger partial charge >= 0.3 is 5.97 Å². The Morgan fingerprint density at radius 1 is 1.63 bits per heavy atom. The maximum Gasteiger partial charge on any atom is 0.312 e. The quantitative estimate of drug-likeness (QED) is 0.554. The Hall–Kier alpha value is -1.36. The average Bonchev–Trinajstić information content (AvgIpc) is 2.97. The number of esters is 1. The zero-order valence-electron chi connectivity index (χ0n) is 11.5. The van der Waals surface area contributed by atoms with Crippen LogP contribution in [-0.2, 0) is 19.1 Å². The third kappa shape index (κ3) is 1.64. The molecule has 0 aromatic carbocycles. The molecule has 104 valence electrons. The fourth-order valence-electron chi connectivity index (χ4n) is 3.58. The first-order valence-corrected chi connectivity index (χ1v) is 6.72. The zero-order valence-corrected chi connectivity index (χ0v) is 11.5. The van der Waals surface area contributed by atoms with E-state index in [0.717, 1.165) is 0 Å². The van der Waals surface area contributed by atoms with Crippen LogP contribution in [0.5, 0.6) is 0 Å². The molecule has 3 rings (SSSR count). The number of rotatable bonds is 3. The third-order valence-corrected chi connectivity index (χ3v) is 4.24. The standard InChI is InChI=1S/C14H19NO4/c1-8(2)6-15-7-14-5-4-9(19-14)10(13(17)18-3)11(14)12(15)16/h4-5,8-11H,6-7H2,1-3H3/t9-,10+,11-,14+/m1/s1. The summed E-state index contributed by atoms with van der Waals surface area (Å²) in [5, 5.41) is 0. The van der Waals surface area contributed by atoms with Gasteiger partial charge in [0.25, 0.3) is 0 Å². The minimum Gasteiger partial charge on any atom is -0.469 e. The largest absolute Gasteiger partial charge is 0.469 e.